The molecule has 0 spiro atoms. The summed E-state index contributed by atoms with van der Waals surface area (Å²) in [5, 5.41) is 4.97. The van der Waals surface area contributed by atoms with Crippen LogP contribution in [-0.2, 0) is 4.74 Å². The fourth-order valence-electron chi connectivity index (χ4n) is 3.35. The van der Waals surface area contributed by atoms with Gasteiger partial charge in [-0.25, -0.2) is 4.79 Å². The van der Waals surface area contributed by atoms with Crippen LogP contribution in [0, 0.1) is 0 Å². The second-order valence-corrected chi connectivity index (χ2v) is 8.27. The van der Waals surface area contributed by atoms with E-state index in [-0.39, 0.29) is 17.5 Å². The zero-order valence-corrected chi connectivity index (χ0v) is 16.4. The first-order chi connectivity index (χ1) is 12.5. The van der Waals surface area contributed by atoms with Crippen molar-refractivity contribution < 1.29 is 14.3 Å². The van der Waals surface area contributed by atoms with E-state index in [1.54, 1.807) is 4.90 Å². The van der Waals surface area contributed by atoms with Gasteiger partial charge in [0, 0.05) is 51.4 Å². The minimum Gasteiger partial charge on any atom is -0.379 e. The molecule has 2 aliphatic heterocycles. The summed E-state index contributed by atoms with van der Waals surface area (Å²) in [5.74, 6) is 0.0634. The summed E-state index contributed by atoms with van der Waals surface area (Å²) in [6.07, 6.45) is 0. The lowest BCUT2D eigenvalue weighted by Gasteiger charge is -2.41. The van der Waals surface area contributed by atoms with Crippen molar-refractivity contribution in [3.8, 4) is 0 Å². The number of piperazine rings is 1. The Kier molecular flexibility index (Phi) is 6.16. The van der Waals surface area contributed by atoms with Gasteiger partial charge in [0.15, 0.2) is 0 Å². The van der Waals surface area contributed by atoms with E-state index in [2.05, 4.69) is 24.1 Å². The van der Waals surface area contributed by atoms with E-state index < -0.39 is 0 Å². The molecule has 0 radical (unpaired) electrons. The molecular weight excluding hydrogens is 352 g/mol. The van der Waals surface area contributed by atoms with Crippen LogP contribution in [0.15, 0.2) is 17.5 Å². The minimum absolute atomic E-state index is 0.0467. The standard InChI is InChI=1S/C18H28N4O3S/c1-18(2,22-9-11-25-12-10-22)14-19-17(24)21-7-5-20(6-8-21)16(23)15-4-3-13-26-15/h3-4,13H,5-12,14H2,1-2H3,(H,19,24). The van der Waals surface area contributed by atoms with Crippen LogP contribution in [0.1, 0.15) is 23.5 Å². The van der Waals surface area contributed by atoms with Crippen molar-refractivity contribution in [1.82, 2.24) is 20.0 Å². The number of ether oxygens (including phenoxy) is 1. The van der Waals surface area contributed by atoms with Crippen LogP contribution in [-0.4, -0.2) is 91.2 Å². The van der Waals surface area contributed by atoms with Crippen molar-refractivity contribution in [3.63, 3.8) is 0 Å². The first-order valence-corrected chi connectivity index (χ1v) is 10.0. The van der Waals surface area contributed by atoms with Crippen molar-refractivity contribution >= 4 is 23.3 Å². The number of morpholine rings is 1. The lowest BCUT2D eigenvalue weighted by Crippen LogP contribution is -2.58. The van der Waals surface area contributed by atoms with Gasteiger partial charge in [-0.05, 0) is 25.3 Å². The Morgan fingerprint density at radius 2 is 1.77 bits per heavy atom. The molecule has 8 heteroatoms. The van der Waals surface area contributed by atoms with E-state index >= 15 is 0 Å². The van der Waals surface area contributed by atoms with E-state index in [0.29, 0.717) is 32.7 Å². The van der Waals surface area contributed by atoms with Crippen LogP contribution >= 0.6 is 11.3 Å². The summed E-state index contributed by atoms with van der Waals surface area (Å²) in [6.45, 7) is 10.5. The molecule has 0 aliphatic carbocycles. The summed E-state index contributed by atoms with van der Waals surface area (Å²) in [4.78, 5) is 31.6. The van der Waals surface area contributed by atoms with Gasteiger partial charge in [-0.2, -0.15) is 0 Å². The quantitative estimate of drug-likeness (QED) is 0.856. The van der Waals surface area contributed by atoms with Gasteiger partial charge in [-0.15, -0.1) is 11.3 Å². The van der Waals surface area contributed by atoms with Gasteiger partial charge in [0.1, 0.15) is 0 Å². The highest BCUT2D eigenvalue weighted by atomic mass is 32.1. The third kappa shape index (κ3) is 4.55. The first-order valence-electron chi connectivity index (χ1n) is 9.16. The summed E-state index contributed by atoms with van der Waals surface area (Å²) in [6, 6.07) is 3.69. The number of hydrogen-bond acceptors (Lipinski definition) is 5. The largest absolute Gasteiger partial charge is 0.379 e. The predicted molar refractivity (Wildman–Crippen MR) is 102 cm³/mol. The number of rotatable bonds is 4. The van der Waals surface area contributed by atoms with Crippen LogP contribution in [0.25, 0.3) is 0 Å². The van der Waals surface area contributed by atoms with Crippen LogP contribution < -0.4 is 5.32 Å². The summed E-state index contributed by atoms with van der Waals surface area (Å²) in [5.41, 5.74) is -0.101. The number of nitrogens with one attached hydrogen (secondary N) is 1. The Labute approximate surface area is 158 Å². The second kappa shape index (κ2) is 8.37. The Morgan fingerprint density at radius 1 is 1.12 bits per heavy atom. The molecule has 144 valence electrons. The third-order valence-corrected chi connectivity index (χ3v) is 5.98. The molecule has 2 aliphatic rings. The highest BCUT2D eigenvalue weighted by Crippen LogP contribution is 2.16. The van der Waals surface area contributed by atoms with Crippen LogP contribution in [0.3, 0.4) is 0 Å². The normalized spacial score (nSPS) is 19.5. The lowest BCUT2D eigenvalue weighted by atomic mass is 10.0. The van der Waals surface area contributed by atoms with Gasteiger partial charge in [-0.1, -0.05) is 6.07 Å². The molecule has 1 aromatic rings. The molecule has 0 atom stereocenters. The zero-order valence-electron chi connectivity index (χ0n) is 15.6. The smallest absolute Gasteiger partial charge is 0.317 e. The molecule has 2 saturated heterocycles. The molecule has 0 bridgehead atoms. The van der Waals surface area contributed by atoms with Crippen molar-refractivity contribution in [1.29, 1.82) is 0 Å². The summed E-state index contributed by atoms with van der Waals surface area (Å²) < 4.78 is 5.40. The fraction of sp³-hybridized carbons (Fsp3) is 0.667. The molecule has 7 nitrogen and oxygen atoms in total. The fourth-order valence-corrected chi connectivity index (χ4v) is 4.04. The van der Waals surface area contributed by atoms with Crippen molar-refractivity contribution in [2.24, 2.45) is 0 Å². The molecule has 0 aromatic carbocycles. The lowest BCUT2D eigenvalue weighted by molar-refractivity contribution is -0.00915. The first kappa shape index (κ1) is 19.1. The Hall–Kier alpha value is -1.64. The SMILES string of the molecule is CC(C)(CNC(=O)N1CCN(C(=O)c2cccs2)CC1)N1CCOCC1. The summed E-state index contributed by atoms with van der Waals surface area (Å²) >= 11 is 1.46. The van der Waals surface area contributed by atoms with Gasteiger partial charge in [0.25, 0.3) is 5.91 Å². The third-order valence-electron chi connectivity index (χ3n) is 5.13. The molecular formula is C18H28N4O3S. The summed E-state index contributed by atoms with van der Waals surface area (Å²) in [7, 11) is 0. The van der Waals surface area contributed by atoms with E-state index in [0.717, 1.165) is 31.2 Å². The molecule has 0 unspecified atom stereocenters. The minimum atomic E-state index is -0.101. The number of carbonyl (C=O) groups is 2. The van der Waals surface area contributed by atoms with Gasteiger partial charge < -0.3 is 19.9 Å². The van der Waals surface area contributed by atoms with E-state index in [4.69, 9.17) is 4.74 Å². The second-order valence-electron chi connectivity index (χ2n) is 7.33. The Morgan fingerprint density at radius 3 is 2.38 bits per heavy atom. The molecule has 3 rings (SSSR count). The van der Waals surface area contributed by atoms with Gasteiger partial charge >= 0.3 is 6.03 Å². The number of amides is 3. The number of hydrogen-bond donors (Lipinski definition) is 1. The van der Waals surface area contributed by atoms with Gasteiger partial charge in [0.2, 0.25) is 0 Å². The number of thiophene rings is 1. The Bertz CT molecular complexity index is 606. The van der Waals surface area contributed by atoms with Crippen molar-refractivity contribution in [2.75, 3.05) is 59.0 Å². The highest BCUT2D eigenvalue weighted by molar-refractivity contribution is 7.12. The van der Waals surface area contributed by atoms with Crippen LogP contribution in [0.4, 0.5) is 4.79 Å². The highest BCUT2D eigenvalue weighted by Gasteiger charge is 2.30. The van der Waals surface area contributed by atoms with Crippen LogP contribution in [0.2, 0.25) is 0 Å². The number of carbonyl (C=O) groups excluding carboxylic acids is 2. The maximum Gasteiger partial charge on any atom is 0.317 e. The zero-order chi connectivity index (χ0) is 18.6. The van der Waals surface area contributed by atoms with Gasteiger partial charge in [-0.3, -0.25) is 9.69 Å². The topological polar surface area (TPSA) is 65.1 Å². The van der Waals surface area contributed by atoms with E-state index in [1.165, 1.54) is 11.3 Å². The monoisotopic (exact) mass is 380 g/mol. The number of urea groups is 1. The van der Waals surface area contributed by atoms with E-state index in [9.17, 15) is 9.59 Å². The molecule has 3 heterocycles. The Balaban J connectivity index is 1.44. The molecule has 1 N–H and O–H groups in total. The predicted octanol–water partition coefficient (Wildman–Crippen LogP) is 1.33. The number of nitrogens with zero attached hydrogens (tertiary/aromatic N) is 3. The maximum atomic E-state index is 12.5. The molecule has 26 heavy (non-hydrogen) atoms. The average molecular weight is 381 g/mol. The van der Waals surface area contributed by atoms with Crippen molar-refractivity contribution in [3.05, 3.63) is 22.4 Å². The molecule has 0 saturated carbocycles. The molecule has 1 aromatic heterocycles. The van der Waals surface area contributed by atoms with Crippen LogP contribution in [0.5, 0.6) is 0 Å². The molecule has 3 amide bonds. The van der Waals surface area contributed by atoms with Crippen molar-refractivity contribution in [2.45, 2.75) is 19.4 Å². The molecule has 2 fully saturated rings. The maximum absolute atomic E-state index is 12.5. The average Bonchev–Trinajstić information content (AvgIpc) is 3.21. The van der Waals surface area contributed by atoms with Gasteiger partial charge in [0.05, 0.1) is 18.1 Å². The van der Waals surface area contributed by atoms with E-state index in [1.807, 2.05) is 22.4 Å².